The number of fused-ring (bicyclic) bond motifs is 1. The maximum atomic E-state index is 14.4. The van der Waals surface area contributed by atoms with Crippen LogP contribution >= 0.6 is 15.9 Å². The summed E-state index contributed by atoms with van der Waals surface area (Å²) < 4.78 is 25.9. The van der Waals surface area contributed by atoms with Crippen molar-refractivity contribution < 1.29 is 13.9 Å². The Morgan fingerprint density at radius 2 is 2.11 bits per heavy atom. The third-order valence-electron chi connectivity index (χ3n) is 3.38. The number of benzene rings is 1. The Morgan fingerprint density at radius 3 is 2.89 bits per heavy atom. The summed E-state index contributed by atoms with van der Waals surface area (Å²) in [6, 6.07) is 1.86. The van der Waals surface area contributed by atoms with E-state index in [1.807, 2.05) is 0 Å². The first-order chi connectivity index (χ1) is 8.77. The number of halogens is 2. The number of hydrogen-bond donors (Lipinski definition) is 1. The molecule has 1 aromatic rings. The Kier molecular flexibility index (Phi) is 3.43. The molecule has 0 amide bonds. The van der Waals surface area contributed by atoms with Gasteiger partial charge in [0, 0.05) is 18.0 Å². The van der Waals surface area contributed by atoms with Gasteiger partial charge in [-0.05, 0) is 41.4 Å². The normalized spacial score (nSPS) is 22.9. The minimum atomic E-state index is -0.237. The van der Waals surface area contributed by atoms with Gasteiger partial charge in [0.25, 0.3) is 0 Å². The molecule has 0 aliphatic carbocycles. The maximum Gasteiger partial charge on any atom is 0.178 e. The molecule has 0 spiro atoms. The van der Waals surface area contributed by atoms with Gasteiger partial charge in [-0.15, -0.1) is 0 Å². The summed E-state index contributed by atoms with van der Waals surface area (Å²) in [6.45, 7) is 2.12. The van der Waals surface area contributed by atoms with E-state index in [-0.39, 0.29) is 11.9 Å². The average Bonchev–Trinajstić information content (AvgIpc) is 2.79. The molecule has 18 heavy (non-hydrogen) atoms. The number of nitrogens with one attached hydrogen (secondary N) is 1. The molecule has 1 N–H and O–H groups in total. The lowest BCUT2D eigenvalue weighted by Crippen LogP contribution is -2.15. The van der Waals surface area contributed by atoms with Gasteiger partial charge in [-0.3, -0.25) is 0 Å². The molecule has 1 saturated heterocycles. The SMILES string of the molecule is Fc1c(C2CCCN2)cc2c(c1Br)OCCCO2. The number of rotatable bonds is 1. The van der Waals surface area contributed by atoms with Crippen LogP contribution in [0.1, 0.15) is 30.9 Å². The number of ether oxygens (including phenoxy) is 2. The van der Waals surface area contributed by atoms with Gasteiger partial charge in [0.05, 0.1) is 17.7 Å². The van der Waals surface area contributed by atoms with Gasteiger partial charge in [0.15, 0.2) is 11.5 Å². The van der Waals surface area contributed by atoms with E-state index in [4.69, 9.17) is 9.47 Å². The third kappa shape index (κ3) is 2.10. The van der Waals surface area contributed by atoms with Gasteiger partial charge in [-0.25, -0.2) is 4.39 Å². The van der Waals surface area contributed by atoms with Crippen molar-refractivity contribution in [1.82, 2.24) is 5.32 Å². The summed E-state index contributed by atoms with van der Waals surface area (Å²) in [5, 5.41) is 3.31. The second kappa shape index (κ2) is 5.05. The lowest BCUT2D eigenvalue weighted by molar-refractivity contribution is 0.296. The van der Waals surface area contributed by atoms with Crippen LogP contribution in [-0.4, -0.2) is 19.8 Å². The second-order valence-corrected chi connectivity index (χ2v) is 5.41. The highest BCUT2D eigenvalue weighted by Crippen LogP contribution is 2.43. The Hall–Kier alpha value is -0.810. The van der Waals surface area contributed by atoms with E-state index < -0.39 is 0 Å². The second-order valence-electron chi connectivity index (χ2n) is 4.62. The largest absolute Gasteiger partial charge is 0.490 e. The molecule has 2 heterocycles. The topological polar surface area (TPSA) is 30.5 Å². The lowest BCUT2D eigenvalue weighted by Gasteiger charge is -2.17. The summed E-state index contributed by atoms with van der Waals surface area (Å²) in [5.41, 5.74) is 0.670. The predicted octanol–water partition coefficient (Wildman–Crippen LogP) is 3.17. The Labute approximate surface area is 114 Å². The Balaban J connectivity index is 2.05. The molecule has 3 nitrogen and oxygen atoms in total. The minimum Gasteiger partial charge on any atom is -0.490 e. The highest BCUT2D eigenvalue weighted by molar-refractivity contribution is 9.10. The highest BCUT2D eigenvalue weighted by Gasteiger charge is 2.26. The quantitative estimate of drug-likeness (QED) is 0.863. The molecule has 98 valence electrons. The molecule has 2 aliphatic rings. The van der Waals surface area contributed by atoms with Crippen molar-refractivity contribution in [2.75, 3.05) is 19.8 Å². The van der Waals surface area contributed by atoms with Gasteiger partial charge >= 0.3 is 0 Å². The van der Waals surface area contributed by atoms with Gasteiger partial charge in [-0.2, -0.15) is 0 Å². The summed E-state index contributed by atoms with van der Waals surface area (Å²) in [7, 11) is 0. The smallest absolute Gasteiger partial charge is 0.178 e. The molecule has 1 aromatic carbocycles. The van der Waals surface area contributed by atoms with E-state index >= 15 is 0 Å². The molecule has 2 aliphatic heterocycles. The Bertz CT molecular complexity index is 461. The van der Waals surface area contributed by atoms with Crippen LogP contribution in [0.2, 0.25) is 0 Å². The zero-order valence-electron chi connectivity index (χ0n) is 9.97. The third-order valence-corrected chi connectivity index (χ3v) is 4.09. The fourth-order valence-electron chi connectivity index (χ4n) is 2.47. The van der Waals surface area contributed by atoms with Crippen molar-refractivity contribution in [2.24, 2.45) is 0 Å². The standard InChI is InChI=1S/C13H15BrFNO2/c14-11-12(15)8(9-3-1-4-16-9)7-10-13(11)18-6-2-5-17-10/h7,9,16H,1-6H2. The fraction of sp³-hybridized carbons (Fsp3) is 0.538. The molecule has 0 radical (unpaired) electrons. The monoisotopic (exact) mass is 315 g/mol. The maximum absolute atomic E-state index is 14.4. The molecule has 1 unspecified atom stereocenters. The van der Waals surface area contributed by atoms with Crippen LogP contribution in [0.3, 0.4) is 0 Å². The van der Waals surface area contributed by atoms with E-state index in [9.17, 15) is 4.39 Å². The van der Waals surface area contributed by atoms with Crippen molar-refractivity contribution in [3.63, 3.8) is 0 Å². The first-order valence-corrected chi connectivity index (χ1v) is 7.07. The van der Waals surface area contributed by atoms with Crippen LogP contribution in [0, 0.1) is 5.82 Å². The molecule has 0 aromatic heterocycles. The highest BCUT2D eigenvalue weighted by atomic mass is 79.9. The van der Waals surface area contributed by atoms with Gasteiger partial charge in [0.1, 0.15) is 5.82 Å². The van der Waals surface area contributed by atoms with Crippen molar-refractivity contribution >= 4 is 15.9 Å². The van der Waals surface area contributed by atoms with Crippen LogP contribution in [0.4, 0.5) is 4.39 Å². The summed E-state index contributed by atoms with van der Waals surface area (Å²) >= 11 is 3.29. The fourth-order valence-corrected chi connectivity index (χ4v) is 3.00. The van der Waals surface area contributed by atoms with Crippen LogP contribution in [-0.2, 0) is 0 Å². The van der Waals surface area contributed by atoms with Crippen LogP contribution in [0.25, 0.3) is 0 Å². The minimum absolute atomic E-state index is 0.0819. The van der Waals surface area contributed by atoms with E-state index in [0.29, 0.717) is 34.7 Å². The zero-order chi connectivity index (χ0) is 12.5. The molecule has 0 saturated carbocycles. The zero-order valence-corrected chi connectivity index (χ0v) is 11.6. The van der Waals surface area contributed by atoms with E-state index in [1.54, 1.807) is 6.07 Å². The van der Waals surface area contributed by atoms with Gasteiger partial charge < -0.3 is 14.8 Å². The van der Waals surface area contributed by atoms with E-state index in [1.165, 1.54) is 0 Å². The molecule has 1 atom stereocenters. The van der Waals surface area contributed by atoms with Crippen molar-refractivity contribution in [2.45, 2.75) is 25.3 Å². The lowest BCUT2D eigenvalue weighted by atomic mass is 10.0. The predicted molar refractivity (Wildman–Crippen MR) is 69.7 cm³/mol. The molecular weight excluding hydrogens is 301 g/mol. The van der Waals surface area contributed by atoms with Crippen LogP contribution in [0.15, 0.2) is 10.5 Å². The van der Waals surface area contributed by atoms with Crippen LogP contribution < -0.4 is 14.8 Å². The molecular formula is C13H15BrFNO2. The summed E-state index contributed by atoms with van der Waals surface area (Å²) in [5.74, 6) is 0.898. The van der Waals surface area contributed by atoms with Crippen molar-refractivity contribution in [3.05, 3.63) is 21.9 Å². The average molecular weight is 316 g/mol. The van der Waals surface area contributed by atoms with Crippen molar-refractivity contribution in [3.8, 4) is 11.5 Å². The molecule has 3 rings (SSSR count). The summed E-state index contributed by atoms with van der Waals surface area (Å²) in [4.78, 5) is 0. The molecule has 0 bridgehead atoms. The Morgan fingerprint density at radius 1 is 1.28 bits per heavy atom. The first kappa shape index (κ1) is 12.2. The molecule has 1 fully saturated rings. The first-order valence-electron chi connectivity index (χ1n) is 6.28. The van der Waals surface area contributed by atoms with E-state index in [0.717, 1.165) is 25.8 Å². The van der Waals surface area contributed by atoms with Crippen molar-refractivity contribution in [1.29, 1.82) is 0 Å². The number of hydrogen-bond acceptors (Lipinski definition) is 3. The van der Waals surface area contributed by atoms with E-state index in [2.05, 4.69) is 21.2 Å². The van der Waals surface area contributed by atoms with Gasteiger partial charge in [0.2, 0.25) is 0 Å². The van der Waals surface area contributed by atoms with Crippen LogP contribution in [0.5, 0.6) is 11.5 Å². The summed E-state index contributed by atoms with van der Waals surface area (Å²) in [6.07, 6.45) is 2.86. The van der Waals surface area contributed by atoms with Gasteiger partial charge in [-0.1, -0.05) is 0 Å². The molecule has 5 heteroatoms.